The molecule has 0 aliphatic heterocycles. The monoisotopic (exact) mass is 597 g/mol. The molecule has 0 aliphatic carbocycles. The van der Waals surface area contributed by atoms with E-state index in [4.69, 9.17) is 11.6 Å². The number of benzene rings is 4. The molecule has 0 fully saturated rings. The van der Waals surface area contributed by atoms with Crippen LogP contribution in [0.1, 0.15) is 32.6 Å². The van der Waals surface area contributed by atoms with Crippen molar-refractivity contribution in [3.05, 3.63) is 112 Å². The lowest BCUT2D eigenvalue weighted by Crippen LogP contribution is -2.17. The Bertz CT molecular complexity index is 1820. The first-order valence-corrected chi connectivity index (χ1v) is 15.5. The molecule has 4 rings (SSSR count). The van der Waals surface area contributed by atoms with Crippen molar-refractivity contribution >= 4 is 54.6 Å². The number of aryl methyl sites for hydroxylation is 4. The van der Waals surface area contributed by atoms with E-state index in [2.05, 4.69) is 14.8 Å². The minimum absolute atomic E-state index is 0.0164. The smallest absolute Gasteiger partial charge is 0.263 e. The van der Waals surface area contributed by atoms with Crippen molar-refractivity contribution in [3.63, 3.8) is 0 Å². The van der Waals surface area contributed by atoms with Crippen LogP contribution in [0, 0.1) is 27.7 Å². The Kier molecular flexibility index (Phi) is 8.25. The average molecular weight is 598 g/mol. The number of hydrogen-bond acceptors (Lipinski definition) is 5. The van der Waals surface area contributed by atoms with Crippen LogP contribution in [0.25, 0.3) is 0 Å². The maximum Gasteiger partial charge on any atom is 0.263 e. The van der Waals surface area contributed by atoms with Crippen molar-refractivity contribution in [1.82, 2.24) is 0 Å². The van der Waals surface area contributed by atoms with E-state index in [-0.39, 0.29) is 20.4 Å². The molecule has 0 spiro atoms. The van der Waals surface area contributed by atoms with E-state index in [0.29, 0.717) is 17.1 Å². The molecule has 1 amide bonds. The van der Waals surface area contributed by atoms with Crippen LogP contribution in [0.15, 0.2) is 88.7 Å². The van der Waals surface area contributed by atoms with Crippen LogP contribution in [-0.2, 0) is 20.0 Å². The maximum absolute atomic E-state index is 13.1. The fourth-order valence-corrected chi connectivity index (χ4v) is 6.63. The highest BCUT2D eigenvalue weighted by Gasteiger charge is 2.21. The fourth-order valence-electron chi connectivity index (χ4n) is 3.92. The van der Waals surface area contributed by atoms with Crippen LogP contribution in [-0.4, -0.2) is 22.7 Å². The van der Waals surface area contributed by atoms with Gasteiger partial charge in [0.25, 0.3) is 26.0 Å². The van der Waals surface area contributed by atoms with Crippen molar-refractivity contribution in [2.75, 3.05) is 14.8 Å². The van der Waals surface area contributed by atoms with Crippen LogP contribution in [0.4, 0.5) is 17.1 Å². The Labute approximate surface area is 239 Å². The predicted molar refractivity (Wildman–Crippen MR) is 159 cm³/mol. The van der Waals surface area contributed by atoms with E-state index in [1.165, 1.54) is 42.5 Å². The number of nitrogens with one attached hydrogen (secondary N) is 3. The van der Waals surface area contributed by atoms with Crippen LogP contribution in [0.2, 0.25) is 5.02 Å². The number of hydrogen-bond donors (Lipinski definition) is 3. The van der Waals surface area contributed by atoms with Crippen molar-refractivity contribution in [1.29, 1.82) is 0 Å². The third-order valence-electron chi connectivity index (χ3n) is 6.29. The Hall–Kier alpha value is -3.86. The van der Waals surface area contributed by atoms with E-state index >= 15 is 0 Å². The lowest BCUT2D eigenvalue weighted by molar-refractivity contribution is 0.102. The van der Waals surface area contributed by atoms with Gasteiger partial charge in [-0.15, -0.1) is 0 Å². The fraction of sp³-hybridized carbons (Fsp3) is 0.138. The quantitative estimate of drug-likeness (QED) is 0.216. The van der Waals surface area contributed by atoms with E-state index < -0.39 is 26.0 Å². The first-order valence-electron chi connectivity index (χ1n) is 12.2. The van der Waals surface area contributed by atoms with Gasteiger partial charge in [-0.2, -0.15) is 0 Å². The Balaban J connectivity index is 1.50. The first kappa shape index (κ1) is 29.1. The van der Waals surface area contributed by atoms with Crippen molar-refractivity contribution in [2.45, 2.75) is 37.5 Å². The summed E-state index contributed by atoms with van der Waals surface area (Å²) in [6, 6.07) is 20.1. The standard InChI is InChI=1S/C29H28ClN3O5S2/c1-18-5-14-27(21(4)15-18)33-39(35,36)25-11-9-23(10-12-25)31-29(34)22-7-13-26(30)28(17-22)40(37,38)32-24-8-6-19(2)20(3)16-24/h5-17,32-33H,1-4H3,(H,31,34). The summed E-state index contributed by atoms with van der Waals surface area (Å²) in [5.74, 6) is -0.594. The van der Waals surface area contributed by atoms with Gasteiger partial charge in [0.05, 0.1) is 15.6 Å². The molecule has 8 nitrogen and oxygen atoms in total. The third kappa shape index (κ3) is 6.64. The van der Waals surface area contributed by atoms with E-state index in [1.54, 1.807) is 24.3 Å². The van der Waals surface area contributed by atoms with E-state index in [1.807, 2.05) is 39.8 Å². The summed E-state index contributed by atoms with van der Waals surface area (Å²) in [5.41, 5.74) is 4.97. The molecule has 0 unspecified atom stereocenters. The normalized spacial score (nSPS) is 11.6. The number of sulfonamides is 2. The second kappa shape index (κ2) is 11.3. The summed E-state index contributed by atoms with van der Waals surface area (Å²) in [6.45, 7) is 7.53. The van der Waals surface area contributed by atoms with Crippen molar-refractivity contribution in [2.24, 2.45) is 0 Å². The molecule has 0 atom stereocenters. The molecule has 0 aromatic heterocycles. The van der Waals surface area contributed by atoms with Gasteiger partial charge in [0.15, 0.2) is 0 Å². The van der Waals surface area contributed by atoms with Crippen LogP contribution in [0.5, 0.6) is 0 Å². The summed E-state index contributed by atoms with van der Waals surface area (Å²) in [7, 11) is -7.95. The average Bonchev–Trinajstić information content (AvgIpc) is 2.88. The second-order valence-electron chi connectivity index (χ2n) is 9.45. The van der Waals surface area contributed by atoms with Gasteiger partial charge in [-0.05, 0) is 105 Å². The maximum atomic E-state index is 13.1. The summed E-state index contributed by atoms with van der Waals surface area (Å²) >= 11 is 6.19. The number of amides is 1. The number of carbonyl (C=O) groups excluding carboxylic acids is 1. The summed E-state index contributed by atoms with van der Waals surface area (Å²) < 4.78 is 56.9. The molecule has 0 bridgehead atoms. The summed E-state index contributed by atoms with van der Waals surface area (Å²) in [4.78, 5) is 12.7. The van der Waals surface area contributed by atoms with E-state index in [0.717, 1.165) is 22.3 Å². The number of rotatable bonds is 8. The molecular weight excluding hydrogens is 570 g/mol. The highest BCUT2D eigenvalue weighted by Crippen LogP contribution is 2.27. The van der Waals surface area contributed by atoms with Gasteiger partial charge < -0.3 is 5.32 Å². The highest BCUT2D eigenvalue weighted by atomic mass is 35.5. The van der Waals surface area contributed by atoms with Gasteiger partial charge >= 0.3 is 0 Å². The predicted octanol–water partition coefficient (Wildman–Crippen LogP) is 6.43. The molecule has 4 aromatic rings. The van der Waals surface area contributed by atoms with Gasteiger partial charge in [-0.25, -0.2) is 16.8 Å². The molecule has 208 valence electrons. The molecular formula is C29H28ClN3O5S2. The van der Waals surface area contributed by atoms with Gasteiger partial charge in [-0.1, -0.05) is 35.4 Å². The van der Waals surface area contributed by atoms with Gasteiger partial charge in [0, 0.05) is 16.9 Å². The van der Waals surface area contributed by atoms with Crippen LogP contribution in [0.3, 0.4) is 0 Å². The lowest BCUT2D eigenvalue weighted by Gasteiger charge is -2.13. The second-order valence-corrected chi connectivity index (χ2v) is 13.2. The largest absolute Gasteiger partial charge is 0.322 e. The zero-order valence-corrected chi connectivity index (χ0v) is 24.6. The third-order valence-corrected chi connectivity index (χ3v) is 9.54. The molecule has 40 heavy (non-hydrogen) atoms. The molecule has 0 saturated heterocycles. The first-order chi connectivity index (χ1) is 18.7. The molecule has 0 saturated carbocycles. The zero-order valence-electron chi connectivity index (χ0n) is 22.2. The van der Waals surface area contributed by atoms with E-state index in [9.17, 15) is 21.6 Å². The molecule has 0 heterocycles. The van der Waals surface area contributed by atoms with Crippen molar-refractivity contribution in [3.8, 4) is 0 Å². The molecule has 0 radical (unpaired) electrons. The SMILES string of the molecule is Cc1ccc(NS(=O)(=O)c2ccc(NC(=O)c3ccc(Cl)c(S(=O)(=O)Nc4ccc(C)c(C)c4)c3)cc2)c(C)c1. The van der Waals surface area contributed by atoms with Crippen LogP contribution < -0.4 is 14.8 Å². The van der Waals surface area contributed by atoms with Gasteiger partial charge in [0.1, 0.15) is 4.90 Å². The highest BCUT2D eigenvalue weighted by molar-refractivity contribution is 7.93. The minimum atomic E-state index is -4.09. The van der Waals surface area contributed by atoms with Crippen LogP contribution >= 0.6 is 11.6 Å². The van der Waals surface area contributed by atoms with Crippen molar-refractivity contribution < 1.29 is 21.6 Å². The number of anilines is 3. The Morgan fingerprint density at radius 2 is 1.32 bits per heavy atom. The lowest BCUT2D eigenvalue weighted by atomic mass is 10.1. The number of carbonyl (C=O) groups is 1. The summed E-state index contributed by atoms with van der Waals surface area (Å²) in [5, 5.41) is 2.61. The Morgan fingerprint density at radius 1 is 0.650 bits per heavy atom. The molecule has 0 aliphatic rings. The zero-order chi connectivity index (χ0) is 29.2. The molecule has 11 heteroatoms. The summed E-state index contributed by atoms with van der Waals surface area (Å²) in [6.07, 6.45) is 0. The topological polar surface area (TPSA) is 121 Å². The Morgan fingerprint density at radius 3 is 1.98 bits per heavy atom. The molecule has 4 aromatic carbocycles. The molecule has 3 N–H and O–H groups in total. The van der Waals surface area contributed by atoms with Gasteiger partial charge in [0.2, 0.25) is 0 Å². The number of halogens is 1. The minimum Gasteiger partial charge on any atom is -0.322 e. The van der Waals surface area contributed by atoms with Gasteiger partial charge in [-0.3, -0.25) is 14.2 Å².